The third-order valence-corrected chi connectivity index (χ3v) is 2.93. The monoisotopic (exact) mass is 235 g/mol. The van der Waals surface area contributed by atoms with Gasteiger partial charge in [0.1, 0.15) is 17.6 Å². The minimum atomic E-state index is 0.533. The van der Waals surface area contributed by atoms with E-state index in [1.165, 1.54) is 32.1 Å². The predicted octanol–water partition coefficient (Wildman–Crippen LogP) is 2.25. The van der Waals surface area contributed by atoms with Gasteiger partial charge in [0.25, 0.3) is 0 Å². The normalized spacial score (nSPS) is 25.4. The van der Waals surface area contributed by atoms with Crippen LogP contribution in [-0.2, 0) is 0 Å². The second-order valence-corrected chi connectivity index (χ2v) is 4.33. The number of nitrogens with two attached hydrogens (primary N) is 1. The Morgan fingerprint density at radius 2 is 1.65 bits per heavy atom. The highest BCUT2D eigenvalue weighted by atomic mass is 15.3. The molecule has 5 nitrogen and oxygen atoms in total. The molecule has 5 heteroatoms. The minimum absolute atomic E-state index is 0.533. The van der Waals surface area contributed by atoms with Gasteiger partial charge in [-0.1, -0.05) is 32.1 Å². The first kappa shape index (κ1) is 13.5. The van der Waals surface area contributed by atoms with Gasteiger partial charge in [-0.25, -0.2) is 0 Å². The van der Waals surface area contributed by atoms with Gasteiger partial charge in [0.15, 0.2) is 0 Å². The van der Waals surface area contributed by atoms with Gasteiger partial charge in [0.2, 0.25) is 0 Å². The van der Waals surface area contributed by atoms with Crippen molar-refractivity contribution in [2.45, 2.75) is 57.8 Å². The van der Waals surface area contributed by atoms with Crippen molar-refractivity contribution in [2.24, 2.45) is 16.0 Å². The molecular formula is C12H21N5. The largest absolute Gasteiger partial charge is 0.322 e. The smallest absolute Gasteiger partial charge is 0.142 e. The number of amidine groups is 1. The molecule has 0 saturated heterocycles. The Balaban J connectivity index is 2.56. The van der Waals surface area contributed by atoms with Crippen molar-refractivity contribution in [3.05, 3.63) is 0 Å². The average molecular weight is 235 g/mol. The molecule has 1 rings (SSSR count). The van der Waals surface area contributed by atoms with Gasteiger partial charge in [-0.2, -0.15) is 15.5 Å². The van der Waals surface area contributed by atoms with Crippen LogP contribution < -0.4 is 11.3 Å². The van der Waals surface area contributed by atoms with E-state index in [9.17, 15) is 0 Å². The zero-order valence-corrected chi connectivity index (χ0v) is 10.3. The highest BCUT2D eigenvalue weighted by molar-refractivity contribution is 5.99. The van der Waals surface area contributed by atoms with Crippen molar-refractivity contribution in [2.75, 3.05) is 0 Å². The molecule has 0 aromatic heterocycles. The van der Waals surface area contributed by atoms with Gasteiger partial charge in [-0.05, 0) is 12.8 Å². The van der Waals surface area contributed by atoms with Crippen LogP contribution >= 0.6 is 0 Å². The standard InChI is InChI=1S/C12H21N5/c13-10-11-8-6-4-2-1-3-5-7-9-12(15-14)17-16-11/h1-9,14H2,(H,15,17)/b16-11-. The van der Waals surface area contributed by atoms with Crippen LogP contribution in [0.1, 0.15) is 57.8 Å². The number of hydrogen-bond acceptors (Lipinski definition) is 4. The summed E-state index contributed by atoms with van der Waals surface area (Å²) in [5.74, 6) is 5.94. The predicted molar refractivity (Wildman–Crippen MR) is 69.4 cm³/mol. The summed E-state index contributed by atoms with van der Waals surface area (Å²) in [6.45, 7) is 0. The summed E-state index contributed by atoms with van der Waals surface area (Å²) in [6.07, 6.45) is 9.83. The Morgan fingerprint density at radius 1 is 1.06 bits per heavy atom. The summed E-state index contributed by atoms with van der Waals surface area (Å²) < 4.78 is 0. The van der Waals surface area contributed by atoms with Crippen LogP contribution in [0.25, 0.3) is 0 Å². The summed E-state index contributed by atoms with van der Waals surface area (Å²) >= 11 is 0. The van der Waals surface area contributed by atoms with E-state index in [4.69, 9.17) is 11.1 Å². The topological polar surface area (TPSA) is 86.6 Å². The molecule has 0 spiro atoms. The van der Waals surface area contributed by atoms with Crippen molar-refractivity contribution < 1.29 is 0 Å². The molecule has 0 saturated carbocycles. The van der Waals surface area contributed by atoms with Crippen LogP contribution in [0.2, 0.25) is 0 Å². The Morgan fingerprint density at radius 3 is 2.24 bits per heavy atom. The van der Waals surface area contributed by atoms with Crippen molar-refractivity contribution in [3.8, 4) is 6.07 Å². The lowest BCUT2D eigenvalue weighted by atomic mass is 10.1. The quantitative estimate of drug-likeness (QED) is 0.498. The summed E-state index contributed by atoms with van der Waals surface area (Å²) in [5.41, 5.74) is 3.33. The van der Waals surface area contributed by atoms with Gasteiger partial charge in [0.05, 0.1) is 0 Å². The summed E-state index contributed by atoms with van der Waals surface area (Å²) in [5, 5.41) is 16.6. The molecule has 0 amide bonds. The van der Waals surface area contributed by atoms with Gasteiger partial charge in [0, 0.05) is 12.8 Å². The molecule has 17 heavy (non-hydrogen) atoms. The van der Waals surface area contributed by atoms with Crippen LogP contribution in [0.4, 0.5) is 0 Å². The number of hydrogen-bond donors (Lipinski definition) is 2. The second kappa shape index (κ2) is 8.57. The lowest BCUT2D eigenvalue weighted by Gasteiger charge is -2.04. The summed E-state index contributed by atoms with van der Waals surface area (Å²) in [6, 6.07) is 2.11. The van der Waals surface area contributed by atoms with Crippen molar-refractivity contribution in [3.63, 3.8) is 0 Å². The third-order valence-electron chi connectivity index (χ3n) is 2.93. The van der Waals surface area contributed by atoms with Crippen LogP contribution in [-0.4, -0.2) is 11.5 Å². The highest BCUT2D eigenvalue weighted by Gasteiger charge is 2.03. The molecule has 1 aliphatic heterocycles. The van der Waals surface area contributed by atoms with Gasteiger partial charge < -0.3 is 5.84 Å². The molecule has 1 heterocycles. The molecule has 0 unspecified atom stereocenters. The van der Waals surface area contributed by atoms with Crippen LogP contribution in [0.5, 0.6) is 0 Å². The molecule has 94 valence electrons. The first-order valence-corrected chi connectivity index (χ1v) is 6.36. The Labute approximate surface area is 103 Å². The van der Waals surface area contributed by atoms with E-state index in [0.717, 1.165) is 25.7 Å². The molecule has 0 fully saturated rings. The second-order valence-electron chi connectivity index (χ2n) is 4.33. The van der Waals surface area contributed by atoms with Gasteiger partial charge in [-0.15, -0.1) is 0 Å². The average Bonchev–Trinajstić information content (AvgIpc) is 2.38. The maximum Gasteiger partial charge on any atom is 0.142 e. The van der Waals surface area contributed by atoms with Crippen molar-refractivity contribution >= 4 is 11.5 Å². The van der Waals surface area contributed by atoms with Crippen LogP contribution in [0.3, 0.4) is 0 Å². The molecule has 0 bridgehead atoms. The van der Waals surface area contributed by atoms with Gasteiger partial charge in [-0.3, -0.25) is 5.43 Å². The Hall–Kier alpha value is -1.57. The fourth-order valence-electron chi connectivity index (χ4n) is 1.89. The lowest BCUT2D eigenvalue weighted by Crippen LogP contribution is -2.21. The van der Waals surface area contributed by atoms with E-state index in [0.29, 0.717) is 11.5 Å². The number of nitrogens with zero attached hydrogens (tertiary/aromatic N) is 3. The number of hydrazone groups is 2. The van der Waals surface area contributed by atoms with Gasteiger partial charge >= 0.3 is 0 Å². The fraction of sp³-hybridized carbons (Fsp3) is 0.750. The molecular weight excluding hydrogens is 214 g/mol. The van der Waals surface area contributed by atoms with Crippen LogP contribution in [0.15, 0.2) is 10.2 Å². The maximum atomic E-state index is 8.92. The lowest BCUT2D eigenvalue weighted by molar-refractivity contribution is 0.589. The molecule has 1 aliphatic rings. The van der Waals surface area contributed by atoms with E-state index < -0.39 is 0 Å². The molecule has 0 aromatic carbocycles. The van der Waals surface area contributed by atoms with E-state index in [1.54, 1.807) is 0 Å². The van der Waals surface area contributed by atoms with Crippen molar-refractivity contribution in [1.82, 2.24) is 5.43 Å². The Kier molecular flexibility index (Phi) is 6.80. The van der Waals surface area contributed by atoms with E-state index in [1.807, 2.05) is 0 Å². The number of nitrogens with one attached hydrogen (secondary N) is 1. The van der Waals surface area contributed by atoms with E-state index in [2.05, 4.69) is 21.7 Å². The molecule has 0 atom stereocenters. The SMILES string of the molecule is N#C/C1=N\N/C(=N/N)CCCCCCCCC1. The minimum Gasteiger partial charge on any atom is -0.322 e. The van der Waals surface area contributed by atoms with Crippen LogP contribution in [0, 0.1) is 11.3 Å². The zero-order chi connectivity index (χ0) is 12.3. The number of nitriles is 1. The zero-order valence-electron chi connectivity index (χ0n) is 10.3. The first-order valence-electron chi connectivity index (χ1n) is 6.36. The highest BCUT2D eigenvalue weighted by Crippen LogP contribution is 2.11. The molecule has 0 aromatic rings. The Bertz CT molecular complexity index is 313. The van der Waals surface area contributed by atoms with E-state index >= 15 is 0 Å². The first-order chi connectivity index (χ1) is 8.36. The summed E-state index contributed by atoms with van der Waals surface area (Å²) in [4.78, 5) is 0. The number of rotatable bonds is 0. The third kappa shape index (κ3) is 5.91. The fourth-order valence-corrected chi connectivity index (χ4v) is 1.89. The maximum absolute atomic E-state index is 8.92. The van der Waals surface area contributed by atoms with E-state index in [-0.39, 0.29) is 0 Å². The summed E-state index contributed by atoms with van der Waals surface area (Å²) in [7, 11) is 0. The molecule has 3 N–H and O–H groups in total. The molecule has 0 aliphatic carbocycles. The van der Waals surface area contributed by atoms with Crippen molar-refractivity contribution in [1.29, 1.82) is 5.26 Å². The molecule has 0 radical (unpaired) electrons.